The molecule has 0 fully saturated rings. The summed E-state index contributed by atoms with van der Waals surface area (Å²) in [4.78, 5) is 26.8. The van der Waals surface area contributed by atoms with E-state index in [0.717, 1.165) is 0 Å². The maximum Gasteiger partial charge on any atom is 4.00 e. The van der Waals surface area contributed by atoms with Crippen LogP contribution in [0.3, 0.4) is 0 Å². The van der Waals surface area contributed by atoms with E-state index in [1.807, 2.05) is 0 Å². The van der Waals surface area contributed by atoms with Crippen LogP contribution in [0.5, 0.6) is 0 Å². The van der Waals surface area contributed by atoms with Crippen molar-refractivity contribution in [2.45, 2.75) is 0 Å². The fraction of sp³-hybridized carbons (Fsp3) is 0. The van der Waals surface area contributed by atoms with Crippen LogP contribution in [0.1, 0.15) is 0 Å². The molecule has 0 bridgehead atoms. The second-order valence-electron chi connectivity index (χ2n) is 0.447. The van der Waals surface area contributed by atoms with Gasteiger partial charge in [0.25, 0.3) is 0 Å². The molecule has 0 aromatic rings. The van der Waals surface area contributed by atoms with Crippen LogP contribution in [-0.4, -0.2) is 17.6 Å². The van der Waals surface area contributed by atoms with Gasteiger partial charge in [-0.05, 0) is 0 Å². The summed E-state index contributed by atoms with van der Waals surface area (Å²) in [5, 5.41) is 0. The quantitative estimate of drug-likeness (QED) is 0.311. The Morgan fingerprint density at radius 1 is 1.12 bits per heavy atom. The second-order valence-corrected chi connectivity index (χ2v) is 2.68. The normalized spacial score (nSPS) is 7.38. The third-order valence-electron chi connectivity index (χ3n) is 0. The summed E-state index contributed by atoms with van der Waals surface area (Å²) in [7, 11) is 0. The van der Waals surface area contributed by atoms with Crippen molar-refractivity contribution in [1.82, 2.24) is 0 Å². The molecule has 0 atom stereocenters. The van der Waals surface area contributed by atoms with Gasteiger partial charge < -0.3 is 21.4 Å². The van der Waals surface area contributed by atoms with E-state index in [0.29, 0.717) is 0 Å². The van der Waals surface area contributed by atoms with Gasteiger partial charge in [-0.25, -0.2) is 0 Å². The Labute approximate surface area is 90.5 Å². The number of hydrogen-bond donors (Lipinski definition) is 0. The van der Waals surface area contributed by atoms with Crippen molar-refractivity contribution in [3.63, 3.8) is 0 Å². The van der Waals surface area contributed by atoms with E-state index in [-0.39, 0.29) is 58.2 Å². The third kappa shape index (κ3) is 80.4. The molecule has 0 spiro atoms. The van der Waals surface area contributed by atoms with Crippen LogP contribution in [0.2, 0.25) is 0 Å². The van der Waals surface area contributed by atoms with Crippen LogP contribution < -0.4 is 33.5 Å². The molecule has 0 amide bonds. The summed E-state index contributed by atoms with van der Waals surface area (Å²) in [5.41, 5.74) is 0. The van der Waals surface area contributed by atoms with E-state index < -0.39 is 6.72 Å². The predicted molar refractivity (Wildman–Crippen MR) is 20.0 cm³/mol. The van der Waals surface area contributed by atoms with Crippen LogP contribution in [0.15, 0.2) is 0 Å². The second kappa shape index (κ2) is 9.38. The van der Waals surface area contributed by atoms with Crippen molar-refractivity contribution < 1.29 is 55.3 Å². The van der Waals surface area contributed by atoms with Crippen LogP contribution in [-0.2, 0) is 33.5 Å². The average Bonchev–Trinajstić information content (AvgIpc) is 0.722. The van der Waals surface area contributed by atoms with Crippen LogP contribution in [0.4, 0.5) is 0 Å². The third-order valence-corrected chi connectivity index (χ3v) is 0. The zero-order valence-electron chi connectivity index (χ0n) is 4.08. The molecule has 36 valence electrons. The van der Waals surface area contributed by atoms with Gasteiger partial charge in [-0.2, -0.15) is 11.8 Å². The van der Waals surface area contributed by atoms with Gasteiger partial charge in [0.05, 0.1) is 0 Å². The largest absolute Gasteiger partial charge is 4.00 e. The first-order valence-corrected chi connectivity index (χ1v) is 3.29. The summed E-state index contributed by atoms with van der Waals surface area (Å²) in [6.07, 6.45) is 0. The molecular weight excluding hydrogens is 238 g/mol. The van der Waals surface area contributed by atoms with Gasteiger partial charge >= 0.3 is 40.6 Å². The van der Waals surface area contributed by atoms with Crippen LogP contribution in [0.25, 0.3) is 0 Å². The maximum absolute atomic E-state index is 8.92. The minimum atomic E-state index is -4.56. The van der Waals surface area contributed by atoms with Crippen molar-refractivity contribution in [3.05, 3.63) is 0 Å². The molecule has 0 heterocycles. The van der Waals surface area contributed by atoms with Crippen LogP contribution in [0, 0.1) is 0 Å². The van der Waals surface area contributed by atoms with E-state index in [2.05, 4.69) is 11.8 Å². The van der Waals surface area contributed by atoms with Gasteiger partial charge in [-0.3, -0.25) is 0 Å². The Morgan fingerprint density at radius 3 is 1.12 bits per heavy atom. The zero-order chi connectivity index (χ0) is 4.50. The number of rotatable bonds is 0. The van der Waals surface area contributed by atoms with Crippen molar-refractivity contribution >= 4 is 36.1 Å². The molecule has 0 aliphatic carbocycles. The van der Waals surface area contributed by atoms with E-state index in [4.69, 9.17) is 14.7 Å². The minimum absolute atomic E-state index is 0. The first kappa shape index (κ1) is 22.4. The van der Waals surface area contributed by atoms with Gasteiger partial charge in [0.2, 0.25) is 0 Å². The molecule has 0 aromatic heterocycles. The summed E-state index contributed by atoms with van der Waals surface area (Å²) < 4.78 is 0. The van der Waals surface area contributed by atoms with E-state index in [9.17, 15) is 0 Å². The Bertz CT molecular complexity index is 65.4. The summed E-state index contributed by atoms with van der Waals surface area (Å²) in [6, 6.07) is 0. The molecule has 8 heteroatoms. The molecule has 0 unspecified atom stereocenters. The molecule has 0 saturated heterocycles. The maximum atomic E-state index is 8.92. The summed E-state index contributed by atoms with van der Waals surface area (Å²) in [5.74, 6) is 0. The van der Waals surface area contributed by atoms with Crippen molar-refractivity contribution in [2.75, 3.05) is 0 Å². The Kier molecular flexibility index (Phi) is 26.3. The Morgan fingerprint density at radius 2 is 1.12 bits per heavy atom. The molecule has 0 aromatic carbocycles. The predicted octanol–water partition coefficient (Wildman–Crippen LogP) is -6.09. The monoisotopic (exact) mass is 240 g/mol. The van der Waals surface area contributed by atoms with Crippen molar-refractivity contribution in [2.24, 2.45) is 0 Å². The Balaban J connectivity index is -0.0000000267. The van der Waals surface area contributed by atoms with Gasteiger partial charge in [-0.15, -0.1) is 0 Å². The smallest absolute Gasteiger partial charge is 0.844 e. The zero-order valence-corrected chi connectivity index (χ0v) is 9.45. The van der Waals surface area contributed by atoms with Gasteiger partial charge in [0.1, 0.15) is 0 Å². The fourth-order valence-corrected chi connectivity index (χ4v) is 0. The number of hydrogen-bond acceptors (Lipinski definition) is 4. The van der Waals surface area contributed by atoms with E-state index in [1.165, 1.54) is 0 Å². The van der Waals surface area contributed by atoms with Crippen molar-refractivity contribution in [1.29, 1.82) is 0 Å². The van der Waals surface area contributed by atoms with Gasteiger partial charge in [0, 0.05) is 17.6 Å². The SMILES string of the molecule is [Ge].[Li+].[O-]P([O-])([O-])=S.[Ti+4]. The van der Waals surface area contributed by atoms with Gasteiger partial charge in [-0.1, -0.05) is 0 Å². The van der Waals surface area contributed by atoms with E-state index >= 15 is 0 Å². The molecule has 3 nitrogen and oxygen atoms in total. The van der Waals surface area contributed by atoms with Gasteiger partial charge in [0.15, 0.2) is 0 Å². The Hall–Kier alpha value is 2.38. The fourth-order valence-electron chi connectivity index (χ4n) is 0. The molecule has 0 saturated carbocycles. The molecular formula is GeLiO3PSTi+2. The average molecular weight is 238 g/mol. The van der Waals surface area contributed by atoms with Crippen LogP contribution >= 0.6 is 6.72 Å². The topological polar surface area (TPSA) is 69.2 Å². The minimum Gasteiger partial charge on any atom is -0.844 e. The van der Waals surface area contributed by atoms with E-state index in [1.54, 1.807) is 0 Å². The summed E-state index contributed by atoms with van der Waals surface area (Å²) >= 11 is 3.27. The molecule has 0 N–H and O–H groups in total. The molecule has 0 rings (SSSR count). The summed E-state index contributed by atoms with van der Waals surface area (Å²) in [6.45, 7) is -4.56. The standard InChI is InChI=1S/Ge.Li.H3O3PS.Ti/c;;1-4(2,3)5;/h;;(H3,1,2,3,5);/q;+1;;+4/p-3. The first-order valence-electron chi connectivity index (χ1n) is 0.730. The first-order chi connectivity index (χ1) is 2.00. The molecule has 0 aliphatic rings. The van der Waals surface area contributed by atoms with Crippen molar-refractivity contribution in [3.8, 4) is 0 Å². The molecule has 0 aliphatic heterocycles. The molecule has 8 heavy (non-hydrogen) atoms. The molecule has 4 radical (unpaired) electrons.